The number of carbonyl (C=O) groups is 1. The Morgan fingerprint density at radius 2 is 1.76 bits per heavy atom. The highest BCUT2D eigenvalue weighted by molar-refractivity contribution is 5.77. The average molecular weight is 290 g/mol. The first-order chi connectivity index (χ1) is 9.80. The van der Waals surface area contributed by atoms with Crippen LogP contribution in [0.4, 0.5) is 0 Å². The van der Waals surface area contributed by atoms with E-state index in [0.29, 0.717) is 24.8 Å². The van der Waals surface area contributed by atoms with Crippen LogP contribution in [0.15, 0.2) is 30.3 Å². The van der Waals surface area contributed by atoms with Crippen molar-refractivity contribution in [3.05, 3.63) is 35.9 Å². The molecule has 3 heteroatoms. The third-order valence-corrected chi connectivity index (χ3v) is 4.56. The van der Waals surface area contributed by atoms with Crippen LogP contribution in [-0.2, 0) is 4.79 Å². The lowest BCUT2D eigenvalue weighted by atomic mass is 9.84. The molecular weight excluding hydrogens is 260 g/mol. The number of nitrogens with one attached hydrogen (secondary N) is 1. The zero-order valence-electron chi connectivity index (χ0n) is 14.0. The van der Waals surface area contributed by atoms with Crippen molar-refractivity contribution in [2.24, 2.45) is 17.6 Å². The van der Waals surface area contributed by atoms with E-state index in [4.69, 9.17) is 5.73 Å². The predicted octanol–water partition coefficient (Wildman–Crippen LogP) is 3.31. The van der Waals surface area contributed by atoms with Gasteiger partial charge >= 0.3 is 0 Å². The molecule has 0 saturated heterocycles. The van der Waals surface area contributed by atoms with E-state index < -0.39 is 0 Å². The van der Waals surface area contributed by atoms with E-state index >= 15 is 0 Å². The molecule has 0 aromatic heterocycles. The molecule has 0 bridgehead atoms. The Morgan fingerprint density at radius 3 is 2.19 bits per heavy atom. The summed E-state index contributed by atoms with van der Waals surface area (Å²) in [6, 6.07) is 10.3. The number of nitrogens with two attached hydrogens (primary N) is 1. The second-order valence-electron chi connectivity index (χ2n) is 6.79. The lowest BCUT2D eigenvalue weighted by molar-refractivity contribution is -0.123. The molecule has 2 unspecified atom stereocenters. The maximum absolute atomic E-state index is 12.4. The zero-order valence-corrected chi connectivity index (χ0v) is 14.0. The molecule has 0 radical (unpaired) electrons. The molecule has 0 fully saturated rings. The fraction of sp³-hybridized carbons (Fsp3) is 0.611. The quantitative estimate of drug-likeness (QED) is 0.809. The summed E-state index contributed by atoms with van der Waals surface area (Å²) >= 11 is 0. The Hall–Kier alpha value is -1.35. The van der Waals surface area contributed by atoms with Crippen LogP contribution in [0.2, 0.25) is 0 Å². The van der Waals surface area contributed by atoms with E-state index in [1.807, 2.05) is 25.1 Å². The lowest BCUT2D eigenvalue weighted by Gasteiger charge is -2.34. The monoisotopic (exact) mass is 290 g/mol. The lowest BCUT2D eigenvalue weighted by Crippen LogP contribution is -2.55. The molecule has 1 rings (SSSR count). The van der Waals surface area contributed by atoms with E-state index in [2.05, 4.69) is 45.1 Å². The minimum Gasteiger partial charge on any atom is -0.349 e. The molecule has 0 aliphatic rings. The largest absolute Gasteiger partial charge is 0.349 e. The Kier molecular flexibility index (Phi) is 6.41. The van der Waals surface area contributed by atoms with Gasteiger partial charge in [-0.05, 0) is 30.2 Å². The van der Waals surface area contributed by atoms with Crippen LogP contribution in [0.25, 0.3) is 0 Å². The fourth-order valence-electron chi connectivity index (χ4n) is 2.44. The fourth-order valence-corrected chi connectivity index (χ4v) is 2.44. The summed E-state index contributed by atoms with van der Waals surface area (Å²) in [5.74, 6) is 1.04. The number of carbonyl (C=O) groups excluding carboxylic acids is 1. The third-order valence-electron chi connectivity index (χ3n) is 4.56. The van der Waals surface area contributed by atoms with Gasteiger partial charge in [0, 0.05) is 13.0 Å². The Labute approximate surface area is 129 Å². The maximum atomic E-state index is 12.4. The van der Waals surface area contributed by atoms with Crippen molar-refractivity contribution in [3.63, 3.8) is 0 Å². The number of hydrogen-bond acceptors (Lipinski definition) is 2. The molecule has 2 atom stereocenters. The van der Waals surface area contributed by atoms with Crippen LogP contribution < -0.4 is 11.1 Å². The highest BCUT2D eigenvalue weighted by Crippen LogP contribution is 2.28. The molecule has 0 saturated carbocycles. The number of benzene rings is 1. The van der Waals surface area contributed by atoms with Crippen molar-refractivity contribution in [2.75, 3.05) is 6.54 Å². The zero-order chi connectivity index (χ0) is 16.0. The van der Waals surface area contributed by atoms with Crippen molar-refractivity contribution in [1.29, 1.82) is 0 Å². The summed E-state index contributed by atoms with van der Waals surface area (Å²) in [5.41, 5.74) is 6.73. The van der Waals surface area contributed by atoms with Crippen LogP contribution in [-0.4, -0.2) is 18.0 Å². The van der Waals surface area contributed by atoms with Crippen molar-refractivity contribution < 1.29 is 4.79 Å². The number of amides is 1. The second kappa shape index (κ2) is 7.60. The summed E-state index contributed by atoms with van der Waals surface area (Å²) in [4.78, 5) is 12.4. The molecule has 3 N–H and O–H groups in total. The Balaban J connectivity index is 2.79. The van der Waals surface area contributed by atoms with E-state index in [1.54, 1.807) is 0 Å². The van der Waals surface area contributed by atoms with Gasteiger partial charge in [-0.15, -0.1) is 0 Å². The van der Waals surface area contributed by atoms with E-state index in [0.717, 1.165) is 0 Å². The maximum Gasteiger partial charge on any atom is 0.221 e. The van der Waals surface area contributed by atoms with E-state index in [1.165, 1.54) is 5.56 Å². The summed E-state index contributed by atoms with van der Waals surface area (Å²) in [7, 11) is 0. The molecule has 1 aromatic rings. The molecule has 118 valence electrons. The molecule has 0 heterocycles. The minimum absolute atomic E-state index is 0.0826. The SMILES string of the molecule is CC(C)C(CC(=O)NC(C)(CN)C(C)C)c1ccccc1. The minimum atomic E-state index is -0.338. The first-order valence-electron chi connectivity index (χ1n) is 7.86. The molecule has 0 aliphatic carbocycles. The highest BCUT2D eigenvalue weighted by atomic mass is 16.1. The summed E-state index contributed by atoms with van der Waals surface area (Å²) in [6.07, 6.45) is 0.504. The molecular formula is C18H30N2O. The molecule has 1 aromatic carbocycles. The van der Waals surface area contributed by atoms with Crippen LogP contribution in [0.1, 0.15) is 52.5 Å². The van der Waals surface area contributed by atoms with Gasteiger partial charge in [0.25, 0.3) is 0 Å². The highest BCUT2D eigenvalue weighted by Gasteiger charge is 2.30. The van der Waals surface area contributed by atoms with Gasteiger partial charge in [-0.25, -0.2) is 0 Å². The topological polar surface area (TPSA) is 55.1 Å². The molecule has 0 aliphatic heterocycles. The summed E-state index contributed by atoms with van der Waals surface area (Å²) in [6.45, 7) is 11.0. The van der Waals surface area contributed by atoms with Crippen LogP contribution >= 0.6 is 0 Å². The van der Waals surface area contributed by atoms with E-state index in [-0.39, 0.29) is 17.4 Å². The molecule has 21 heavy (non-hydrogen) atoms. The first kappa shape index (κ1) is 17.7. The van der Waals surface area contributed by atoms with Crippen molar-refractivity contribution >= 4 is 5.91 Å². The van der Waals surface area contributed by atoms with Crippen LogP contribution in [0, 0.1) is 11.8 Å². The Bertz CT molecular complexity index is 442. The van der Waals surface area contributed by atoms with Gasteiger partial charge in [0.2, 0.25) is 5.91 Å². The molecule has 3 nitrogen and oxygen atoms in total. The number of rotatable bonds is 7. The average Bonchev–Trinajstić information content (AvgIpc) is 2.45. The van der Waals surface area contributed by atoms with Gasteiger partial charge in [0.1, 0.15) is 0 Å². The van der Waals surface area contributed by atoms with Crippen LogP contribution in [0.3, 0.4) is 0 Å². The van der Waals surface area contributed by atoms with Gasteiger partial charge in [0.15, 0.2) is 0 Å². The standard InChI is InChI=1S/C18H30N2O/c1-13(2)16(15-9-7-6-8-10-15)11-17(21)20-18(5,12-19)14(3)4/h6-10,13-14,16H,11-12,19H2,1-5H3,(H,20,21). The normalized spacial score (nSPS) is 15.8. The number of hydrogen-bond donors (Lipinski definition) is 2. The summed E-state index contributed by atoms with van der Waals surface area (Å²) < 4.78 is 0. The first-order valence-corrected chi connectivity index (χ1v) is 7.86. The third kappa shape index (κ3) is 4.85. The summed E-state index contributed by atoms with van der Waals surface area (Å²) in [5, 5.41) is 3.13. The Morgan fingerprint density at radius 1 is 1.19 bits per heavy atom. The van der Waals surface area contributed by atoms with Gasteiger partial charge in [0.05, 0.1) is 5.54 Å². The van der Waals surface area contributed by atoms with Crippen LogP contribution in [0.5, 0.6) is 0 Å². The predicted molar refractivity (Wildman–Crippen MR) is 89.1 cm³/mol. The van der Waals surface area contributed by atoms with Gasteiger partial charge < -0.3 is 11.1 Å². The second-order valence-corrected chi connectivity index (χ2v) is 6.79. The van der Waals surface area contributed by atoms with Gasteiger partial charge in [-0.1, -0.05) is 58.0 Å². The van der Waals surface area contributed by atoms with Gasteiger partial charge in [-0.2, -0.15) is 0 Å². The smallest absolute Gasteiger partial charge is 0.221 e. The molecule has 0 spiro atoms. The molecule has 1 amide bonds. The van der Waals surface area contributed by atoms with Gasteiger partial charge in [-0.3, -0.25) is 4.79 Å². The van der Waals surface area contributed by atoms with Crippen molar-refractivity contribution in [1.82, 2.24) is 5.32 Å². The van der Waals surface area contributed by atoms with Crippen molar-refractivity contribution in [2.45, 2.75) is 52.5 Å². The van der Waals surface area contributed by atoms with Crippen molar-refractivity contribution in [3.8, 4) is 0 Å². The van der Waals surface area contributed by atoms with E-state index in [9.17, 15) is 4.79 Å².